The summed E-state index contributed by atoms with van der Waals surface area (Å²) >= 11 is 3.38. The first kappa shape index (κ1) is 13.6. The number of halogens is 1. The van der Waals surface area contributed by atoms with Crippen LogP contribution >= 0.6 is 15.9 Å². The van der Waals surface area contributed by atoms with Crippen molar-refractivity contribution in [3.8, 4) is 11.5 Å². The van der Waals surface area contributed by atoms with Gasteiger partial charge in [0.05, 0.1) is 14.2 Å². The number of ketones is 1. The summed E-state index contributed by atoms with van der Waals surface area (Å²) in [5, 5.41) is 0. The van der Waals surface area contributed by atoms with Gasteiger partial charge in [-0.15, -0.1) is 0 Å². The van der Waals surface area contributed by atoms with E-state index in [1.165, 1.54) is 14.2 Å². The van der Waals surface area contributed by atoms with Crippen molar-refractivity contribution < 1.29 is 14.3 Å². The average molecular weight is 321 g/mol. The first-order valence-electron chi connectivity index (χ1n) is 5.69. The minimum atomic E-state index is -0.137. The van der Waals surface area contributed by atoms with E-state index in [1.807, 2.05) is 18.2 Å². The smallest absolute Gasteiger partial charge is 0.201 e. The van der Waals surface area contributed by atoms with Gasteiger partial charge in [0.25, 0.3) is 0 Å². The van der Waals surface area contributed by atoms with Gasteiger partial charge >= 0.3 is 0 Å². The van der Waals surface area contributed by atoms with Crippen LogP contribution in [0.1, 0.15) is 15.9 Å². The molecule has 4 heteroatoms. The maximum atomic E-state index is 12.6. The zero-order valence-electron chi connectivity index (χ0n) is 10.6. The molecule has 0 aromatic heterocycles. The Morgan fingerprint density at radius 3 is 2.05 bits per heavy atom. The summed E-state index contributed by atoms with van der Waals surface area (Å²) < 4.78 is 11.3. The summed E-state index contributed by atoms with van der Waals surface area (Å²) in [5.41, 5.74) is 1.00. The van der Waals surface area contributed by atoms with E-state index in [1.54, 1.807) is 24.3 Å². The van der Waals surface area contributed by atoms with Gasteiger partial charge in [-0.2, -0.15) is 0 Å². The van der Waals surface area contributed by atoms with Crippen LogP contribution in [-0.4, -0.2) is 20.0 Å². The van der Waals surface area contributed by atoms with Gasteiger partial charge in [0.1, 0.15) is 17.1 Å². The standard InChI is InChI=1S/C15H13BrO3/c1-18-12-8-5-9-13(19-2)14(12)15(17)10-6-3-4-7-11(10)16/h3-9H,1-2H3. The molecular weight excluding hydrogens is 308 g/mol. The van der Waals surface area contributed by atoms with Crippen molar-refractivity contribution in [2.45, 2.75) is 0 Å². The van der Waals surface area contributed by atoms with Crippen LogP contribution in [0.2, 0.25) is 0 Å². The molecule has 0 atom stereocenters. The maximum Gasteiger partial charge on any atom is 0.201 e. The van der Waals surface area contributed by atoms with Crippen LogP contribution in [0, 0.1) is 0 Å². The number of methoxy groups -OCH3 is 2. The molecule has 0 saturated heterocycles. The Labute approximate surface area is 120 Å². The lowest BCUT2D eigenvalue weighted by atomic mass is 10.0. The van der Waals surface area contributed by atoms with Crippen molar-refractivity contribution in [1.29, 1.82) is 0 Å². The van der Waals surface area contributed by atoms with Gasteiger partial charge in [0.2, 0.25) is 5.78 Å². The predicted octanol–water partition coefficient (Wildman–Crippen LogP) is 3.70. The number of benzene rings is 2. The van der Waals surface area contributed by atoms with E-state index in [0.29, 0.717) is 22.6 Å². The molecule has 2 aromatic carbocycles. The normalized spacial score (nSPS) is 10.1. The van der Waals surface area contributed by atoms with Gasteiger partial charge in [0, 0.05) is 10.0 Å². The molecule has 19 heavy (non-hydrogen) atoms. The highest BCUT2D eigenvalue weighted by Gasteiger charge is 2.21. The van der Waals surface area contributed by atoms with Crippen LogP contribution in [0.4, 0.5) is 0 Å². The largest absolute Gasteiger partial charge is 0.496 e. The highest BCUT2D eigenvalue weighted by Crippen LogP contribution is 2.32. The van der Waals surface area contributed by atoms with Crippen molar-refractivity contribution in [1.82, 2.24) is 0 Å². The monoisotopic (exact) mass is 320 g/mol. The van der Waals surface area contributed by atoms with Crippen molar-refractivity contribution in [2.24, 2.45) is 0 Å². The number of ether oxygens (including phenoxy) is 2. The Balaban J connectivity index is 2.58. The molecule has 0 heterocycles. The van der Waals surface area contributed by atoms with E-state index in [4.69, 9.17) is 9.47 Å². The Kier molecular flexibility index (Phi) is 4.22. The minimum absolute atomic E-state index is 0.137. The summed E-state index contributed by atoms with van der Waals surface area (Å²) in [6.45, 7) is 0. The molecule has 0 spiro atoms. The number of hydrogen-bond acceptors (Lipinski definition) is 3. The van der Waals surface area contributed by atoms with E-state index in [9.17, 15) is 4.79 Å². The SMILES string of the molecule is COc1cccc(OC)c1C(=O)c1ccccc1Br. The van der Waals surface area contributed by atoms with Gasteiger partial charge in [-0.3, -0.25) is 4.79 Å². The number of carbonyl (C=O) groups excluding carboxylic acids is 1. The van der Waals surface area contributed by atoms with Gasteiger partial charge in [0.15, 0.2) is 0 Å². The molecule has 0 fully saturated rings. The summed E-state index contributed by atoms with van der Waals surface area (Å²) in [4.78, 5) is 12.6. The van der Waals surface area contributed by atoms with Crippen LogP contribution in [0.3, 0.4) is 0 Å². The maximum absolute atomic E-state index is 12.6. The van der Waals surface area contributed by atoms with E-state index in [-0.39, 0.29) is 5.78 Å². The average Bonchev–Trinajstić information content (AvgIpc) is 2.46. The Bertz CT molecular complexity index is 586. The molecule has 0 aliphatic rings. The van der Waals surface area contributed by atoms with Gasteiger partial charge < -0.3 is 9.47 Å². The quantitative estimate of drug-likeness (QED) is 0.806. The van der Waals surface area contributed by atoms with E-state index >= 15 is 0 Å². The van der Waals surface area contributed by atoms with Crippen molar-refractivity contribution in [3.05, 3.63) is 58.1 Å². The lowest BCUT2D eigenvalue weighted by Crippen LogP contribution is -2.07. The molecule has 0 bridgehead atoms. The van der Waals surface area contributed by atoms with E-state index < -0.39 is 0 Å². The number of hydrogen-bond donors (Lipinski definition) is 0. The summed E-state index contributed by atoms with van der Waals surface area (Å²) in [7, 11) is 3.07. The van der Waals surface area contributed by atoms with E-state index in [2.05, 4.69) is 15.9 Å². The molecule has 0 aliphatic heterocycles. The zero-order valence-corrected chi connectivity index (χ0v) is 12.2. The molecule has 0 amide bonds. The lowest BCUT2D eigenvalue weighted by molar-refractivity contribution is 0.103. The van der Waals surface area contributed by atoms with Crippen LogP contribution in [0.5, 0.6) is 11.5 Å². The highest BCUT2D eigenvalue weighted by atomic mass is 79.9. The fourth-order valence-corrected chi connectivity index (χ4v) is 2.32. The van der Waals surface area contributed by atoms with Crippen molar-refractivity contribution in [3.63, 3.8) is 0 Å². The topological polar surface area (TPSA) is 35.5 Å². The van der Waals surface area contributed by atoms with Gasteiger partial charge in [-0.05, 0) is 24.3 Å². The Morgan fingerprint density at radius 2 is 1.53 bits per heavy atom. The molecule has 0 N–H and O–H groups in total. The third-order valence-corrected chi connectivity index (χ3v) is 3.46. The first-order chi connectivity index (χ1) is 9.19. The van der Waals surface area contributed by atoms with Gasteiger partial charge in [-0.25, -0.2) is 0 Å². The van der Waals surface area contributed by atoms with Crippen LogP contribution < -0.4 is 9.47 Å². The molecule has 0 saturated carbocycles. The second-order valence-corrected chi connectivity index (χ2v) is 4.70. The lowest BCUT2D eigenvalue weighted by Gasteiger charge is -2.12. The molecule has 3 nitrogen and oxygen atoms in total. The minimum Gasteiger partial charge on any atom is -0.496 e. The molecule has 98 valence electrons. The fraction of sp³-hybridized carbons (Fsp3) is 0.133. The molecule has 0 aliphatic carbocycles. The highest BCUT2D eigenvalue weighted by molar-refractivity contribution is 9.10. The van der Waals surface area contributed by atoms with Crippen LogP contribution in [0.25, 0.3) is 0 Å². The Hall–Kier alpha value is -1.81. The third-order valence-electron chi connectivity index (χ3n) is 2.77. The molecule has 0 radical (unpaired) electrons. The van der Waals surface area contributed by atoms with Crippen molar-refractivity contribution in [2.75, 3.05) is 14.2 Å². The summed E-state index contributed by atoms with van der Waals surface area (Å²) in [5.74, 6) is 0.863. The predicted molar refractivity (Wildman–Crippen MR) is 77.1 cm³/mol. The van der Waals surface area contributed by atoms with E-state index in [0.717, 1.165) is 4.47 Å². The van der Waals surface area contributed by atoms with Crippen LogP contribution in [-0.2, 0) is 0 Å². The van der Waals surface area contributed by atoms with Crippen LogP contribution in [0.15, 0.2) is 46.9 Å². The fourth-order valence-electron chi connectivity index (χ4n) is 1.86. The second kappa shape index (κ2) is 5.89. The molecule has 0 unspecified atom stereocenters. The molecular formula is C15H13BrO3. The molecule has 2 rings (SSSR count). The number of rotatable bonds is 4. The first-order valence-corrected chi connectivity index (χ1v) is 6.48. The van der Waals surface area contributed by atoms with Gasteiger partial charge in [-0.1, -0.05) is 34.1 Å². The molecule has 2 aromatic rings. The Morgan fingerprint density at radius 1 is 0.947 bits per heavy atom. The summed E-state index contributed by atoms with van der Waals surface area (Å²) in [6.07, 6.45) is 0. The number of carbonyl (C=O) groups is 1. The zero-order chi connectivity index (χ0) is 13.8. The third kappa shape index (κ3) is 2.63. The second-order valence-electron chi connectivity index (χ2n) is 3.85. The van der Waals surface area contributed by atoms with Crippen molar-refractivity contribution >= 4 is 21.7 Å². The summed E-state index contributed by atoms with van der Waals surface area (Å²) in [6, 6.07) is 12.5.